The first-order chi connectivity index (χ1) is 9.69. The maximum absolute atomic E-state index is 12.2. The molecule has 1 unspecified atom stereocenters. The lowest BCUT2D eigenvalue weighted by Gasteiger charge is -2.23. The van der Waals surface area contributed by atoms with Crippen LogP contribution in [-0.2, 0) is 4.74 Å². The van der Waals surface area contributed by atoms with E-state index in [0.717, 1.165) is 32.4 Å². The smallest absolute Gasteiger partial charge is 0.251 e. The zero-order valence-electron chi connectivity index (χ0n) is 11.6. The first kappa shape index (κ1) is 15.1. The van der Waals surface area contributed by atoms with E-state index in [4.69, 9.17) is 16.3 Å². The van der Waals surface area contributed by atoms with Gasteiger partial charge < -0.3 is 15.4 Å². The molecule has 1 amide bonds. The van der Waals surface area contributed by atoms with E-state index in [-0.39, 0.29) is 11.9 Å². The fourth-order valence-corrected chi connectivity index (χ4v) is 2.30. The van der Waals surface area contributed by atoms with E-state index in [1.165, 1.54) is 0 Å². The fourth-order valence-electron chi connectivity index (χ4n) is 2.09. The number of ether oxygens (including phenoxy) is 1. The molecule has 1 aliphatic rings. The number of carbonyl (C=O) groups is 1. The molecule has 2 rings (SSSR count). The van der Waals surface area contributed by atoms with Crippen LogP contribution in [-0.4, -0.2) is 36.7 Å². The number of halogens is 1. The molecule has 0 aromatic carbocycles. The van der Waals surface area contributed by atoms with Crippen molar-refractivity contribution in [2.45, 2.75) is 32.2 Å². The Bertz CT molecular complexity index is 462. The Morgan fingerprint density at radius 2 is 2.40 bits per heavy atom. The molecule has 1 atom stereocenters. The molecule has 1 aromatic rings. The number of pyridine rings is 1. The minimum absolute atomic E-state index is 0.0789. The second kappa shape index (κ2) is 7.45. The van der Waals surface area contributed by atoms with Crippen LogP contribution in [0.1, 0.15) is 36.5 Å². The second-order valence-corrected chi connectivity index (χ2v) is 5.27. The number of rotatable bonds is 5. The lowest BCUT2D eigenvalue weighted by atomic mass is 10.1. The molecule has 1 aliphatic heterocycles. The van der Waals surface area contributed by atoms with E-state index in [1.54, 1.807) is 12.1 Å². The van der Waals surface area contributed by atoms with Crippen LogP contribution in [0.25, 0.3) is 0 Å². The second-order valence-electron chi connectivity index (χ2n) is 4.88. The summed E-state index contributed by atoms with van der Waals surface area (Å²) in [5.74, 6) is 0.494. The van der Waals surface area contributed by atoms with Gasteiger partial charge in [-0.2, -0.15) is 0 Å². The summed E-state index contributed by atoms with van der Waals surface area (Å²) in [6.45, 7) is 4.21. The summed E-state index contributed by atoms with van der Waals surface area (Å²) in [7, 11) is 0. The largest absolute Gasteiger partial charge is 0.379 e. The maximum Gasteiger partial charge on any atom is 0.251 e. The molecule has 5 nitrogen and oxygen atoms in total. The normalized spacial score (nSPS) is 18.6. The summed E-state index contributed by atoms with van der Waals surface area (Å²) < 4.78 is 5.35. The van der Waals surface area contributed by atoms with Gasteiger partial charge in [0.15, 0.2) is 0 Å². The molecular weight excluding hydrogens is 278 g/mol. The van der Waals surface area contributed by atoms with Crippen molar-refractivity contribution in [1.82, 2.24) is 10.3 Å². The number of nitrogens with one attached hydrogen (secondary N) is 2. The van der Waals surface area contributed by atoms with Crippen LogP contribution >= 0.6 is 11.6 Å². The highest BCUT2D eigenvalue weighted by Crippen LogP contribution is 2.15. The summed E-state index contributed by atoms with van der Waals surface area (Å²) in [5, 5.41) is 6.42. The van der Waals surface area contributed by atoms with Crippen molar-refractivity contribution in [3.63, 3.8) is 0 Å². The molecule has 0 aliphatic carbocycles. The van der Waals surface area contributed by atoms with Crippen molar-refractivity contribution < 1.29 is 9.53 Å². The first-order valence-electron chi connectivity index (χ1n) is 6.99. The Balaban J connectivity index is 2.02. The molecule has 0 saturated carbocycles. The molecule has 20 heavy (non-hydrogen) atoms. The monoisotopic (exact) mass is 297 g/mol. The zero-order valence-corrected chi connectivity index (χ0v) is 12.4. The minimum Gasteiger partial charge on any atom is -0.379 e. The third kappa shape index (κ3) is 4.35. The highest BCUT2D eigenvalue weighted by atomic mass is 35.5. The predicted octanol–water partition coefficient (Wildman–Crippen LogP) is 2.47. The molecule has 0 spiro atoms. The van der Waals surface area contributed by atoms with Crippen molar-refractivity contribution in [2.24, 2.45) is 0 Å². The molecule has 6 heteroatoms. The number of amides is 1. The van der Waals surface area contributed by atoms with Gasteiger partial charge in [-0.1, -0.05) is 18.5 Å². The van der Waals surface area contributed by atoms with Crippen LogP contribution in [0.2, 0.25) is 5.15 Å². The van der Waals surface area contributed by atoms with Crippen molar-refractivity contribution >= 4 is 23.3 Å². The highest BCUT2D eigenvalue weighted by molar-refractivity contribution is 6.29. The molecule has 2 heterocycles. The van der Waals surface area contributed by atoms with Gasteiger partial charge in [0.2, 0.25) is 0 Å². The van der Waals surface area contributed by atoms with Gasteiger partial charge in [-0.15, -0.1) is 0 Å². The van der Waals surface area contributed by atoms with Crippen molar-refractivity contribution in [3.8, 4) is 0 Å². The highest BCUT2D eigenvalue weighted by Gasteiger charge is 2.18. The van der Waals surface area contributed by atoms with Gasteiger partial charge in [-0.3, -0.25) is 4.79 Å². The molecule has 0 bridgehead atoms. The number of hydrogen-bond donors (Lipinski definition) is 2. The minimum atomic E-state index is -0.135. The quantitative estimate of drug-likeness (QED) is 0.820. The number of aromatic nitrogens is 1. The average Bonchev–Trinajstić information content (AvgIpc) is 2.45. The van der Waals surface area contributed by atoms with E-state index in [9.17, 15) is 4.79 Å². The van der Waals surface area contributed by atoms with Gasteiger partial charge in [-0.05, 0) is 31.4 Å². The molecule has 1 aromatic heterocycles. The van der Waals surface area contributed by atoms with Crippen LogP contribution in [0, 0.1) is 0 Å². The third-order valence-electron chi connectivity index (χ3n) is 3.11. The van der Waals surface area contributed by atoms with Crippen molar-refractivity contribution in [3.05, 3.63) is 22.8 Å². The molecule has 1 saturated heterocycles. The van der Waals surface area contributed by atoms with Gasteiger partial charge in [0, 0.05) is 18.7 Å². The predicted molar refractivity (Wildman–Crippen MR) is 79.3 cm³/mol. The van der Waals surface area contributed by atoms with Gasteiger partial charge in [0.1, 0.15) is 11.0 Å². The molecule has 1 fully saturated rings. The summed E-state index contributed by atoms with van der Waals surface area (Å²) in [5.41, 5.74) is 0.522. The number of nitrogens with zero attached hydrogens (tertiary/aromatic N) is 1. The molecule has 0 radical (unpaired) electrons. The third-order valence-corrected chi connectivity index (χ3v) is 3.30. The van der Waals surface area contributed by atoms with Crippen LogP contribution in [0.5, 0.6) is 0 Å². The standard InChI is InChI=1S/C14H20ClN3O2/c1-2-5-16-13-8-10(7-12(15)18-13)14(19)17-11-4-3-6-20-9-11/h7-8,11H,2-6,9H2,1H3,(H,16,18)(H,17,19). The molecule has 2 N–H and O–H groups in total. The van der Waals surface area contributed by atoms with E-state index in [2.05, 4.69) is 22.5 Å². The lowest BCUT2D eigenvalue weighted by Crippen LogP contribution is -2.40. The van der Waals surface area contributed by atoms with Crippen LogP contribution in [0.15, 0.2) is 12.1 Å². The Hall–Kier alpha value is -1.33. The van der Waals surface area contributed by atoms with Gasteiger partial charge in [0.05, 0.1) is 12.6 Å². The Labute approximate surface area is 124 Å². The number of hydrogen-bond acceptors (Lipinski definition) is 4. The number of carbonyl (C=O) groups excluding carboxylic acids is 1. The van der Waals surface area contributed by atoms with Crippen molar-refractivity contribution in [2.75, 3.05) is 25.1 Å². The van der Waals surface area contributed by atoms with Gasteiger partial charge >= 0.3 is 0 Å². The maximum atomic E-state index is 12.2. The van der Waals surface area contributed by atoms with E-state index in [1.807, 2.05) is 0 Å². The van der Waals surface area contributed by atoms with Crippen LogP contribution in [0.4, 0.5) is 5.82 Å². The van der Waals surface area contributed by atoms with Crippen LogP contribution in [0.3, 0.4) is 0 Å². The topological polar surface area (TPSA) is 63.2 Å². The summed E-state index contributed by atoms with van der Waals surface area (Å²) >= 11 is 5.96. The molecular formula is C14H20ClN3O2. The average molecular weight is 298 g/mol. The lowest BCUT2D eigenvalue weighted by molar-refractivity contribution is 0.0624. The van der Waals surface area contributed by atoms with E-state index < -0.39 is 0 Å². The zero-order chi connectivity index (χ0) is 14.4. The van der Waals surface area contributed by atoms with Crippen molar-refractivity contribution in [1.29, 1.82) is 0 Å². The van der Waals surface area contributed by atoms with E-state index >= 15 is 0 Å². The Morgan fingerprint density at radius 3 is 3.10 bits per heavy atom. The summed E-state index contributed by atoms with van der Waals surface area (Å²) in [4.78, 5) is 16.4. The van der Waals surface area contributed by atoms with E-state index in [0.29, 0.717) is 23.1 Å². The van der Waals surface area contributed by atoms with Crippen LogP contribution < -0.4 is 10.6 Å². The Morgan fingerprint density at radius 1 is 1.55 bits per heavy atom. The first-order valence-corrected chi connectivity index (χ1v) is 7.37. The van der Waals surface area contributed by atoms with Gasteiger partial charge in [0.25, 0.3) is 5.91 Å². The fraction of sp³-hybridized carbons (Fsp3) is 0.571. The Kier molecular flexibility index (Phi) is 5.61. The summed E-state index contributed by atoms with van der Waals surface area (Å²) in [6, 6.07) is 3.38. The van der Waals surface area contributed by atoms with Gasteiger partial charge in [-0.25, -0.2) is 4.98 Å². The molecule has 110 valence electrons. The number of anilines is 1. The SMILES string of the molecule is CCCNc1cc(C(=O)NC2CCCOC2)cc(Cl)n1. The summed E-state index contributed by atoms with van der Waals surface area (Å²) in [6.07, 6.45) is 2.91.